The Hall–Kier alpha value is -3.41. The number of hydrogen-bond acceptors (Lipinski definition) is 4. The van der Waals surface area contributed by atoms with Crippen molar-refractivity contribution in [1.82, 2.24) is 15.1 Å². The first-order chi connectivity index (χ1) is 16.0. The number of carbonyl (C=O) groups is 1. The third kappa shape index (κ3) is 5.69. The number of rotatable bonds is 6. The summed E-state index contributed by atoms with van der Waals surface area (Å²) in [4.78, 5) is 16.7. The number of aryl methyl sites for hydroxylation is 3. The summed E-state index contributed by atoms with van der Waals surface area (Å²) in [6, 6.07) is 18.5. The van der Waals surface area contributed by atoms with Crippen molar-refractivity contribution in [2.24, 2.45) is 0 Å². The highest BCUT2D eigenvalue weighted by molar-refractivity contribution is 5.89. The summed E-state index contributed by atoms with van der Waals surface area (Å²) in [6.45, 7) is 9.20. The van der Waals surface area contributed by atoms with E-state index in [0.717, 1.165) is 42.3 Å². The summed E-state index contributed by atoms with van der Waals surface area (Å²) in [6.07, 6.45) is 3.46. The third-order valence-electron chi connectivity index (χ3n) is 6.37. The van der Waals surface area contributed by atoms with E-state index in [2.05, 4.69) is 71.5 Å². The molecule has 2 aromatic carbocycles. The van der Waals surface area contributed by atoms with Gasteiger partial charge in [-0.1, -0.05) is 37.6 Å². The zero-order valence-corrected chi connectivity index (χ0v) is 19.8. The van der Waals surface area contributed by atoms with Gasteiger partial charge in [0.1, 0.15) is 0 Å². The highest BCUT2D eigenvalue weighted by Gasteiger charge is 2.22. The second-order valence-electron chi connectivity index (χ2n) is 8.78. The van der Waals surface area contributed by atoms with Crippen LogP contribution in [-0.4, -0.2) is 47.3 Å². The second-order valence-corrected chi connectivity index (χ2v) is 8.78. The first kappa shape index (κ1) is 22.8. The third-order valence-corrected chi connectivity index (χ3v) is 6.37. The number of benzene rings is 2. The van der Waals surface area contributed by atoms with Crippen LogP contribution in [-0.2, 0) is 6.42 Å². The van der Waals surface area contributed by atoms with Gasteiger partial charge in [0, 0.05) is 37.4 Å². The molecule has 0 saturated carbocycles. The van der Waals surface area contributed by atoms with Crippen molar-refractivity contribution in [3.63, 3.8) is 0 Å². The molecule has 0 unspecified atom stereocenters. The highest BCUT2D eigenvalue weighted by Crippen LogP contribution is 2.22. The zero-order chi connectivity index (χ0) is 23.2. The molecule has 1 aliphatic rings. The standard InChI is InChI=1S/C27H33N5O/c1-4-5-6-22-8-11-24(12-9-22)28-27(33)32-17-15-31(16-18-32)26-14-13-25(29-30-26)23-10-7-20(2)21(3)19-23/h7-14,19H,4-6,15-18H2,1-3H3,(H,28,33). The number of unbranched alkanes of at least 4 members (excludes halogenated alkanes) is 1. The van der Waals surface area contributed by atoms with Crippen LogP contribution in [0.1, 0.15) is 36.5 Å². The van der Waals surface area contributed by atoms with E-state index in [9.17, 15) is 4.79 Å². The molecule has 6 heteroatoms. The van der Waals surface area contributed by atoms with Crippen LogP contribution in [0.15, 0.2) is 54.6 Å². The van der Waals surface area contributed by atoms with Gasteiger partial charge in [-0.15, -0.1) is 10.2 Å². The van der Waals surface area contributed by atoms with Crippen LogP contribution >= 0.6 is 0 Å². The van der Waals surface area contributed by atoms with Crippen LogP contribution in [0.2, 0.25) is 0 Å². The molecule has 172 valence electrons. The van der Waals surface area contributed by atoms with Gasteiger partial charge in [-0.05, 0) is 73.7 Å². The topological polar surface area (TPSA) is 61.4 Å². The molecule has 1 N–H and O–H groups in total. The molecule has 1 saturated heterocycles. The Morgan fingerprint density at radius 2 is 1.67 bits per heavy atom. The number of nitrogens with one attached hydrogen (secondary N) is 1. The normalized spacial score (nSPS) is 13.8. The van der Waals surface area contributed by atoms with Gasteiger partial charge in [0.2, 0.25) is 0 Å². The van der Waals surface area contributed by atoms with Gasteiger partial charge >= 0.3 is 6.03 Å². The Bertz CT molecular complexity index is 1070. The molecule has 1 aliphatic heterocycles. The fourth-order valence-corrected chi connectivity index (χ4v) is 4.03. The predicted octanol–water partition coefficient (Wildman–Crippen LogP) is 5.46. The number of urea groups is 1. The average Bonchev–Trinajstić information content (AvgIpc) is 2.85. The maximum absolute atomic E-state index is 12.7. The summed E-state index contributed by atoms with van der Waals surface area (Å²) >= 11 is 0. The van der Waals surface area contributed by atoms with Gasteiger partial charge in [-0.2, -0.15) is 0 Å². The van der Waals surface area contributed by atoms with Crippen molar-refractivity contribution in [2.45, 2.75) is 40.0 Å². The first-order valence-electron chi connectivity index (χ1n) is 11.8. The number of hydrogen-bond donors (Lipinski definition) is 1. The van der Waals surface area contributed by atoms with E-state index in [1.54, 1.807) is 0 Å². The van der Waals surface area contributed by atoms with E-state index >= 15 is 0 Å². The second kappa shape index (κ2) is 10.5. The number of piperazine rings is 1. The molecule has 0 spiro atoms. The van der Waals surface area contributed by atoms with Crippen LogP contribution in [0, 0.1) is 13.8 Å². The lowest BCUT2D eigenvalue weighted by atomic mass is 10.0. The van der Waals surface area contributed by atoms with Gasteiger partial charge < -0.3 is 15.1 Å². The fourth-order valence-electron chi connectivity index (χ4n) is 4.03. The Labute approximate surface area is 196 Å². The Kier molecular flexibility index (Phi) is 7.23. The summed E-state index contributed by atoms with van der Waals surface area (Å²) in [7, 11) is 0. The van der Waals surface area contributed by atoms with Crippen LogP contribution in [0.4, 0.5) is 16.3 Å². The Morgan fingerprint density at radius 3 is 2.30 bits per heavy atom. The molecule has 1 fully saturated rings. The van der Waals surface area contributed by atoms with Gasteiger partial charge in [-0.25, -0.2) is 4.79 Å². The fraction of sp³-hybridized carbons (Fsp3) is 0.370. The van der Waals surface area contributed by atoms with Crippen molar-refractivity contribution < 1.29 is 4.79 Å². The molecule has 4 rings (SSSR count). The molecular formula is C27H33N5O. The molecule has 0 atom stereocenters. The van der Waals surface area contributed by atoms with Crippen molar-refractivity contribution in [3.05, 3.63) is 71.3 Å². The summed E-state index contributed by atoms with van der Waals surface area (Å²) in [5.41, 5.74) is 6.63. The number of aromatic nitrogens is 2. The molecule has 2 heterocycles. The average molecular weight is 444 g/mol. The van der Waals surface area contributed by atoms with E-state index in [4.69, 9.17) is 0 Å². The van der Waals surface area contributed by atoms with Crippen LogP contribution in [0.5, 0.6) is 0 Å². The maximum Gasteiger partial charge on any atom is 0.321 e. The van der Waals surface area contributed by atoms with Crippen LogP contribution in [0.25, 0.3) is 11.3 Å². The summed E-state index contributed by atoms with van der Waals surface area (Å²) in [5, 5.41) is 11.9. The lowest BCUT2D eigenvalue weighted by molar-refractivity contribution is 0.208. The van der Waals surface area contributed by atoms with E-state index < -0.39 is 0 Å². The number of nitrogens with zero attached hydrogens (tertiary/aromatic N) is 4. The molecule has 2 amide bonds. The van der Waals surface area contributed by atoms with Crippen molar-refractivity contribution >= 4 is 17.5 Å². The predicted molar refractivity (Wildman–Crippen MR) is 135 cm³/mol. The monoisotopic (exact) mass is 443 g/mol. The van der Waals surface area contributed by atoms with Gasteiger partial charge in [0.25, 0.3) is 0 Å². The minimum Gasteiger partial charge on any atom is -0.352 e. The smallest absolute Gasteiger partial charge is 0.321 e. The minimum atomic E-state index is -0.0490. The first-order valence-corrected chi connectivity index (χ1v) is 11.8. The number of anilines is 2. The number of amides is 2. The van der Waals surface area contributed by atoms with E-state index in [1.165, 1.54) is 29.5 Å². The van der Waals surface area contributed by atoms with E-state index in [1.807, 2.05) is 29.2 Å². The quantitative estimate of drug-likeness (QED) is 0.550. The molecular weight excluding hydrogens is 410 g/mol. The van der Waals surface area contributed by atoms with Crippen LogP contribution in [0.3, 0.4) is 0 Å². The van der Waals surface area contributed by atoms with Crippen LogP contribution < -0.4 is 10.2 Å². The molecule has 6 nitrogen and oxygen atoms in total. The molecule has 0 bridgehead atoms. The van der Waals surface area contributed by atoms with Crippen molar-refractivity contribution in [3.8, 4) is 11.3 Å². The Morgan fingerprint density at radius 1 is 0.909 bits per heavy atom. The van der Waals surface area contributed by atoms with Gasteiger partial charge in [0.05, 0.1) is 5.69 Å². The molecule has 0 radical (unpaired) electrons. The SMILES string of the molecule is CCCCc1ccc(NC(=O)N2CCN(c3ccc(-c4ccc(C)c(C)c4)nn3)CC2)cc1. The highest BCUT2D eigenvalue weighted by atomic mass is 16.2. The van der Waals surface area contributed by atoms with Gasteiger partial charge in [-0.3, -0.25) is 0 Å². The minimum absolute atomic E-state index is 0.0490. The number of carbonyl (C=O) groups excluding carboxylic acids is 1. The molecule has 3 aromatic rings. The maximum atomic E-state index is 12.7. The summed E-state index contributed by atoms with van der Waals surface area (Å²) < 4.78 is 0. The largest absolute Gasteiger partial charge is 0.352 e. The van der Waals surface area contributed by atoms with E-state index in [0.29, 0.717) is 13.1 Å². The summed E-state index contributed by atoms with van der Waals surface area (Å²) in [5.74, 6) is 0.852. The van der Waals surface area contributed by atoms with Crippen molar-refractivity contribution in [1.29, 1.82) is 0 Å². The van der Waals surface area contributed by atoms with E-state index in [-0.39, 0.29) is 6.03 Å². The lowest BCUT2D eigenvalue weighted by Gasteiger charge is -2.35. The Balaban J connectivity index is 1.30. The molecule has 1 aromatic heterocycles. The van der Waals surface area contributed by atoms with Gasteiger partial charge in [0.15, 0.2) is 5.82 Å². The molecule has 33 heavy (non-hydrogen) atoms. The molecule has 0 aliphatic carbocycles. The zero-order valence-electron chi connectivity index (χ0n) is 19.8. The lowest BCUT2D eigenvalue weighted by Crippen LogP contribution is -2.50. The van der Waals surface area contributed by atoms with Crippen molar-refractivity contribution in [2.75, 3.05) is 36.4 Å².